The van der Waals surface area contributed by atoms with Crippen molar-refractivity contribution < 1.29 is 22.3 Å². The van der Waals surface area contributed by atoms with E-state index >= 15 is 0 Å². The van der Waals surface area contributed by atoms with Crippen molar-refractivity contribution in [2.75, 3.05) is 14.2 Å². The van der Waals surface area contributed by atoms with E-state index in [2.05, 4.69) is 10.3 Å². The monoisotopic (exact) mass is 406 g/mol. The first-order chi connectivity index (χ1) is 12.9. The minimum Gasteiger partial charge on any atom is -0.495 e. The lowest BCUT2D eigenvalue weighted by Gasteiger charge is -2.08. The fourth-order valence-corrected chi connectivity index (χ4v) is 4.87. The van der Waals surface area contributed by atoms with E-state index in [1.807, 2.05) is 0 Å². The van der Waals surface area contributed by atoms with Gasteiger partial charge in [-0.15, -0.1) is 10.8 Å². The van der Waals surface area contributed by atoms with Gasteiger partial charge in [-0.25, -0.2) is 4.39 Å². The Morgan fingerprint density at radius 1 is 1.15 bits per heavy atom. The van der Waals surface area contributed by atoms with Crippen molar-refractivity contribution in [1.29, 1.82) is 0 Å². The van der Waals surface area contributed by atoms with Crippen LogP contribution in [0.5, 0.6) is 11.5 Å². The molecule has 0 unspecified atom stereocenters. The average Bonchev–Trinajstić information content (AvgIpc) is 2.99. The number of thiazole rings is 1. The average molecular weight is 406 g/mol. The highest BCUT2D eigenvalue weighted by Gasteiger charge is 2.18. The molecule has 1 heterocycles. The van der Waals surface area contributed by atoms with Crippen molar-refractivity contribution in [1.82, 2.24) is 4.57 Å². The van der Waals surface area contributed by atoms with E-state index in [1.54, 1.807) is 16.7 Å². The lowest BCUT2D eigenvalue weighted by Crippen LogP contribution is -2.17. The van der Waals surface area contributed by atoms with Crippen LogP contribution in [-0.4, -0.2) is 27.2 Å². The summed E-state index contributed by atoms with van der Waals surface area (Å²) >= 11 is 1.11. The standard InChI is InChI=1S/C18H15FN2O4S2/c1-4-11-21-16-14(24-2)9-10-15(25-3)17(16)26-18(21)20-27(22,23)13-7-5-12(19)6-8-13/h1,5-10H,11H2,2-3H3. The molecule has 0 aliphatic heterocycles. The van der Waals surface area contributed by atoms with Crippen LogP contribution in [0.1, 0.15) is 0 Å². The van der Waals surface area contributed by atoms with Crippen LogP contribution in [0.4, 0.5) is 4.39 Å². The second-order valence-corrected chi connectivity index (χ2v) is 7.92. The molecule has 9 heteroatoms. The summed E-state index contributed by atoms with van der Waals surface area (Å²) in [6, 6.07) is 7.88. The number of halogens is 1. The molecular weight excluding hydrogens is 391 g/mol. The summed E-state index contributed by atoms with van der Waals surface area (Å²) < 4.78 is 55.3. The van der Waals surface area contributed by atoms with Crippen LogP contribution < -0.4 is 14.3 Å². The van der Waals surface area contributed by atoms with Gasteiger partial charge >= 0.3 is 0 Å². The molecule has 27 heavy (non-hydrogen) atoms. The molecule has 0 aliphatic rings. The molecule has 0 atom stereocenters. The molecule has 3 aromatic rings. The van der Waals surface area contributed by atoms with E-state index in [-0.39, 0.29) is 16.2 Å². The van der Waals surface area contributed by atoms with Gasteiger partial charge in [-0.05, 0) is 36.4 Å². The third-order valence-corrected chi connectivity index (χ3v) is 6.24. The summed E-state index contributed by atoms with van der Waals surface area (Å²) in [6.07, 6.45) is 5.46. The third-order valence-electron chi connectivity index (χ3n) is 3.75. The van der Waals surface area contributed by atoms with Gasteiger partial charge in [0.15, 0.2) is 0 Å². The Bertz CT molecular complexity index is 1200. The number of rotatable bonds is 5. The zero-order chi connectivity index (χ0) is 19.6. The molecule has 1 aromatic heterocycles. The van der Waals surface area contributed by atoms with Crippen molar-refractivity contribution in [3.05, 3.63) is 47.0 Å². The maximum Gasteiger partial charge on any atom is 0.285 e. The van der Waals surface area contributed by atoms with Crippen molar-refractivity contribution in [3.8, 4) is 23.8 Å². The van der Waals surface area contributed by atoms with Crippen LogP contribution >= 0.6 is 11.3 Å². The fraction of sp³-hybridized carbons (Fsp3) is 0.167. The topological polar surface area (TPSA) is 69.9 Å². The summed E-state index contributed by atoms with van der Waals surface area (Å²) in [5, 5.41) is 0. The lowest BCUT2D eigenvalue weighted by atomic mass is 10.3. The Hall–Kier alpha value is -2.83. The zero-order valence-electron chi connectivity index (χ0n) is 14.5. The van der Waals surface area contributed by atoms with Crippen molar-refractivity contribution >= 4 is 31.6 Å². The molecule has 0 saturated heterocycles. The summed E-state index contributed by atoms with van der Waals surface area (Å²) in [6.45, 7) is 0.0846. The number of hydrogen-bond acceptors (Lipinski definition) is 5. The second-order valence-electron chi connectivity index (χ2n) is 5.34. The number of sulfonamides is 1. The van der Waals surface area contributed by atoms with E-state index in [1.165, 1.54) is 14.2 Å². The van der Waals surface area contributed by atoms with Gasteiger partial charge in [-0.1, -0.05) is 17.3 Å². The molecule has 0 bridgehead atoms. The van der Waals surface area contributed by atoms with Crippen LogP contribution in [0.15, 0.2) is 45.7 Å². The van der Waals surface area contributed by atoms with Crippen molar-refractivity contribution in [3.63, 3.8) is 0 Å². The number of fused-ring (bicyclic) bond motifs is 1. The quantitative estimate of drug-likeness (QED) is 0.611. The van der Waals surface area contributed by atoms with E-state index < -0.39 is 15.8 Å². The predicted octanol–water partition coefficient (Wildman–Crippen LogP) is 2.78. The number of ether oxygens (including phenoxy) is 2. The minimum atomic E-state index is -4.06. The first-order valence-corrected chi connectivity index (χ1v) is 9.91. The molecule has 0 aliphatic carbocycles. The van der Waals surface area contributed by atoms with E-state index in [0.29, 0.717) is 21.7 Å². The number of benzene rings is 2. The SMILES string of the molecule is C#CCn1c(=NS(=O)(=O)c2ccc(F)cc2)sc2c(OC)ccc(OC)c21. The number of aromatic nitrogens is 1. The van der Waals surface area contributed by atoms with Gasteiger partial charge in [0.05, 0.1) is 25.7 Å². The van der Waals surface area contributed by atoms with E-state index in [9.17, 15) is 12.8 Å². The highest BCUT2D eigenvalue weighted by atomic mass is 32.2. The van der Waals surface area contributed by atoms with Gasteiger partial charge < -0.3 is 14.0 Å². The van der Waals surface area contributed by atoms with Crippen LogP contribution in [0.2, 0.25) is 0 Å². The minimum absolute atomic E-state index is 0.0846. The lowest BCUT2D eigenvalue weighted by molar-refractivity contribution is 0.409. The Kier molecular flexibility index (Phi) is 5.21. The zero-order valence-corrected chi connectivity index (χ0v) is 16.1. The van der Waals surface area contributed by atoms with E-state index in [0.717, 1.165) is 35.6 Å². The molecular formula is C18H15FN2O4S2. The van der Waals surface area contributed by atoms with Gasteiger partial charge in [0.1, 0.15) is 27.5 Å². The highest BCUT2D eigenvalue weighted by Crippen LogP contribution is 2.35. The summed E-state index contributed by atoms with van der Waals surface area (Å²) in [5.41, 5.74) is 0.591. The van der Waals surface area contributed by atoms with Crippen LogP contribution in [-0.2, 0) is 16.6 Å². The molecule has 2 aromatic carbocycles. The molecule has 0 fully saturated rings. The maximum absolute atomic E-state index is 13.1. The molecule has 0 radical (unpaired) electrons. The number of nitrogens with zero attached hydrogens (tertiary/aromatic N) is 2. The Morgan fingerprint density at radius 3 is 2.37 bits per heavy atom. The van der Waals surface area contributed by atoms with Gasteiger partial charge in [0.25, 0.3) is 10.0 Å². The smallest absolute Gasteiger partial charge is 0.285 e. The number of hydrogen-bond donors (Lipinski definition) is 0. The second kappa shape index (κ2) is 7.42. The number of terminal acetylenes is 1. The highest BCUT2D eigenvalue weighted by molar-refractivity contribution is 7.90. The van der Waals surface area contributed by atoms with Gasteiger partial charge in [0.2, 0.25) is 4.80 Å². The Balaban J connectivity index is 2.33. The molecule has 0 spiro atoms. The predicted molar refractivity (Wildman–Crippen MR) is 101 cm³/mol. The van der Waals surface area contributed by atoms with Gasteiger partial charge in [0, 0.05) is 0 Å². The molecule has 6 nitrogen and oxygen atoms in total. The largest absolute Gasteiger partial charge is 0.495 e. The molecule has 0 N–H and O–H groups in total. The fourth-order valence-electron chi connectivity index (χ4n) is 2.52. The molecule has 140 valence electrons. The van der Waals surface area contributed by atoms with E-state index in [4.69, 9.17) is 15.9 Å². The maximum atomic E-state index is 13.1. The van der Waals surface area contributed by atoms with Crippen LogP contribution in [0.3, 0.4) is 0 Å². The summed E-state index contributed by atoms with van der Waals surface area (Å²) in [5.74, 6) is 3.01. The number of methoxy groups -OCH3 is 2. The van der Waals surface area contributed by atoms with Crippen LogP contribution in [0.25, 0.3) is 10.2 Å². The summed E-state index contributed by atoms with van der Waals surface area (Å²) in [4.78, 5) is 0.0441. The molecule has 0 saturated carbocycles. The van der Waals surface area contributed by atoms with Crippen molar-refractivity contribution in [2.45, 2.75) is 11.4 Å². The Labute approximate surface area is 159 Å². The first-order valence-electron chi connectivity index (χ1n) is 7.65. The first kappa shape index (κ1) is 18.9. The van der Waals surface area contributed by atoms with Gasteiger partial charge in [-0.2, -0.15) is 8.42 Å². The normalized spacial score (nSPS) is 12.1. The Morgan fingerprint density at radius 2 is 1.78 bits per heavy atom. The van der Waals surface area contributed by atoms with Crippen molar-refractivity contribution in [2.24, 2.45) is 4.40 Å². The summed E-state index contributed by atoms with van der Waals surface area (Å²) in [7, 11) is -1.04. The third kappa shape index (κ3) is 3.54. The van der Waals surface area contributed by atoms with Crippen LogP contribution in [0, 0.1) is 18.2 Å². The van der Waals surface area contributed by atoms with Gasteiger partial charge in [-0.3, -0.25) is 0 Å². The molecule has 0 amide bonds. The molecule has 3 rings (SSSR count).